The van der Waals surface area contributed by atoms with Crippen LogP contribution in [0.3, 0.4) is 0 Å². The number of amides is 1. The summed E-state index contributed by atoms with van der Waals surface area (Å²) in [6.45, 7) is 0. The zero-order valence-electron chi connectivity index (χ0n) is 11.5. The highest BCUT2D eigenvalue weighted by atomic mass is 16.5. The summed E-state index contributed by atoms with van der Waals surface area (Å²) in [5.41, 5.74) is 1.69. The molecule has 0 saturated carbocycles. The summed E-state index contributed by atoms with van der Waals surface area (Å²) in [6.07, 6.45) is -0.876. The largest absolute Gasteiger partial charge is 0.497 e. The van der Waals surface area contributed by atoms with Crippen molar-refractivity contribution in [1.29, 1.82) is 0 Å². The maximum atomic E-state index is 11.9. The molecule has 0 aromatic heterocycles. The summed E-state index contributed by atoms with van der Waals surface area (Å²) in [6, 6.07) is 14.2. The first-order chi connectivity index (χ1) is 9.67. The molecule has 0 radical (unpaired) electrons. The molecular weight excluding hydrogens is 254 g/mol. The molecule has 4 heteroatoms. The van der Waals surface area contributed by atoms with Crippen LogP contribution in [0.2, 0.25) is 0 Å². The highest BCUT2D eigenvalue weighted by Crippen LogP contribution is 2.28. The van der Waals surface area contributed by atoms with Crippen molar-refractivity contribution in [2.75, 3.05) is 14.2 Å². The summed E-state index contributed by atoms with van der Waals surface area (Å²) >= 11 is 0. The monoisotopic (exact) mass is 271 g/mol. The molecule has 0 bridgehead atoms. The van der Waals surface area contributed by atoms with Gasteiger partial charge in [0.15, 0.2) is 0 Å². The minimum atomic E-state index is -0.876. The maximum absolute atomic E-state index is 11.9. The van der Waals surface area contributed by atoms with E-state index >= 15 is 0 Å². The maximum Gasteiger partial charge on any atom is 0.251 e. The van der Waals surface area contributed by atoms with Gasteiger partial charge in [0.25, 0.3) is 5.91 Å². The van der Waals surface area contributed by atoms with Gasteiger partial charge in [0.05, 0.1) is 7.11 Å². The van der Waals surface area contributed by atoms with Crippen molar-refractivity contribution in [2.24, 2.45) is 0 Å². The van der Waals surface area contributed by atoms with E-state index in [0.717, 1.165) is 5.56 Å². The quantitative estimate of drug-likeness (QED) is 0.895. The van der Waals surface area contributed by atoms with Crippen LogP contribution in [0.5, 0.6) is 5.75 Å². The number of hydrogen-bond donors (Lipinski definition) is 2. The Labute approximate surface area is 118 Å². The summed E-state index contributed by atoms with van der Waals surface area (Å²) in [5.74, 6) is 0.361. The molecular formula is C16H17NO3. The summed E-state index contributed by atoms with van der Waals surface area (Å²) < 4.78 is 5.17. The van der Waals surface area contributed by atoms with E-state index in [1.165, 1.54) is 0 Å². The zero-order valence-corrected chi connectivity index (χ0v) is 11.5. The lowest BCUT2D eigenvalue weighted by atomic mass is 9.96. The lowest BCUT2D eigenvalue weighted by molar-refractivity contribution is 0.0958. The van der Waals surface area contributed by atoms with Crippen molar-refractivity contribution in [3.8, 4) is 5.75 Å². The van der Waals surface area contributed by atoms with Crippen molar-refractivity contribution in [1.82, 2.24) is 5.32 Å². The molecule has 0 spiro atoms. The third-order valence-electron chi connectivity index (χ3n) is 3.14. The van der Waals surface area contributed by atoms with Crippen LogP contribution >= 0.6 is 0 Å². The van der Waals surface area contributed by atoms with E-state index in [9.17, 15) is 9.90 Å². The van der Waals surface area contributed by atoms with Gasteiger partial charge in [-0.15, -0.1) is 0 Å². The van der Waals surface area contributed by atoms with Gasteiger partial charge in [0.2, 0.25) is 0 Å². The fourth-order valence-corrected chi connectivity index (χ4v) is 2.05. The predicted octanol–water partition coefficient (Wildman–Crippen LogP) is 2.14. The molecule has 0 aliphatic heterocycles. The van der Waals surface area contributed by atoms with Crippen LogP contribution in [0.4, 0.5) is 0 Å². The average molecular weight is 271 g/mol. The van der Waals surface area contributed by atoms with E-state index in [4.69, 9.17) is 4.74 Å². The van der Waals surface area contributed by atoms with Crippen LogP contribution in [-0.2, 0) is 0 Å². The molecule has 104 valence electrons. The van der Waals surface area contributed by atoms with E-state index in [0.29, 0.717) is 16.9 Å². The molecule has 2 aromatic rings. The molecule has 2 aromatic carbocycles. The number of aliphatic hydroxyl groups is 1. The van der Waals surface area contributed by atoms with Gasteiger partial charge in [-0.2, -0.15) is 0 Å². The van der Waals surface area contributed by atoms with Crippen LogP contribution in [-0.4, -0.2) is 25.2 Å². The Bertz CT molecular complexity index is 596. The normalized spacial score (nSPS) is 11.8. The second kappa shape index (κ2) is 6.21. The van der Waals surface area contributed by atoms with Crippen LogP contribution in [0.1, 0.15) is 27.6 Å². The Kier molecular flexibility index (Phi) is 4.38. The van der Waals surface area contributed by atoms with E-state index in [-0.39, 0.29) is 5.91 Å². The lowest BCUT2D eigenvalue weighted by Crippen LogP contribution is -2.20. The van der Waals surface area contributed by atoms with Gasteiger partial charge in [0, 0.05) is 18.2 Å². The van der Waals surface area contributed by atoms with Crippen LogP contribution in [0, 0.1) is 0 Å². The van der Waals surface area contributed by atoms with Gasteiger partial charge < -0.3 is 15.2 Å². The number of carbonyl (C=O) groups excluding carboxylic acids is 1. The van der Waals surface area contributed by atoms with Crippen molar-refractivity contribution in [2.45, 2.75) is 6.10 Å². The highest BCUT2D eigenvalue weighted by molar-refractivity contribution is 5.96. The first kappa shape index (κ1) is 14.1. The zero-order chi connectivity index (χ0) is 14.5. The Morgan fingerprint density at radius 1 is 1.20 bits per heavy atom. The third-order valence-corrected chi connectivity index (χ3v) is 3.14. The van der Waals surface area contributed by atoms with Gasteiger partial charge >= 0.3 is 0 Å². The second-order valence-electron chi connectivity index (χ2n) is 4.35. The van der Waals surface area contributed by atoms with Crippen molar-refractivity contribution < 1.29 is 14.6 Å². The molecule has 0 aliphatic carbocycles. The second-order valence-corrected chi connectivity index (χ2v) is 4.35. The Morgan fingerprint density at radius 3 is 2.50 bits per heavy atom. The number of methoxy groups -OCH3 is 1. The summed E-state index contributed by atoms with van der Waals surface area (Å²) in [4.78, 5) is 11.9. The third kappa shape index (κ3) is 2.81. The molecule has 1 unspecified atom stereocenters. The Hall–Kier alpha value is -2.33. The van der Waals surface area contributed by atoms with E-state index in [1.807, 2.05) is 30.3 Å². The number of rotatable bonds is 4. The molecule has 4 nitrogen and oxygen atoms in total. The predicted molar refractivity (Wildman–Crippen MR) is 76.9 cm³/mol. The summed E-state index contributed by atoms with van der Waals surface area (Å²) in [7, 11) is 3.11. The van der Waals surface area contributed by atoms with Gasteiger partial charge in [-0.1, -0.05) is 30.3 Å². The van der Waals surface area contributed by atoms with Crippen LogP contribution < -0.4 is 10.1 Å². The van der Waals surface area contributed by atoms with Gasteiger partial charge in [-0.3, -0.25) is 4.79 Å². The number of nitrogens with one attached hydrogen (secondary N) is 1. The first-order valence-electron chi connectivity index (χ1n) is 6.30. The standard InChI is InChI=1S/C16H17NO3/c1-17-16(19)13-9-8-12(20-2)10-14(13)15(18)11-6-4-3-5-7-11/h3-10,15,18H,1-2H3,(H,17,19). The minimum Gasteiger partial charge on any atom is -0.497 e. The molecule has 2 N–H and O–H groups in total. The topological polar surface area (TPSA) is 58.6 Å². The van der Waals surface area contributed by atoms with E-state index in [1.54, 1.807) is 32.4 Å². The molecule has 1 amide bonds. The van der Waals surface area contributed by atoms with E-state index in [2.05, 4.69) is 5.32 Å². The van der Waals surface area contributed by atoms with Gasteiger partial charge in [-0.25, -0.2) is 0 Å². The smallest absolute Gasteiger partial charge is 0.251 e. The van der Waals surface area contributed by atoms with Gasteiger partial charge in [0.1, 0.15) is 11.9 Å². The fourth-order valence-electron chi connectivity index (χ4n) is 2.05. The molecule has 1 atom stereocenters. The Balaban J connectivity index is 2.50. The van der Waals surface area contributed by atoms with Crippen molar-refractivity contribution in [3.63, 3.8) is 0 Å². The highest BCUT2D eigenvalue weighted by Gasteiger charge is 2.19. The van der Waals surface area contributed by atoms with Crippen molar-refractivity contribution in [3.05, 3.63) is 65.2 Å². The molecule has 0 fully saturated rings. The molecule has 0 aliphatic rings. The SMILES string of the molecule is CNC(=O)c1ccc(OC)cc1C(O)c1ccccc1. The lowest BCUT2D eigenvalue weighted by Gasteiger charge is -2.16. The number of ether oxygens (including phenoxy) is 1. The fraction of sp³-hybridized carbons (Fsp3) is 0.188. The number of benzene rings is 2. The van der Waals surface area contributed by atoms with Crippen molar-refractivity contribution >= 4 is 5.91 Å². The van der Waals surface area contributed by atoms with Gasteiger partial charge in [-0.05, 0) is 23.8 Å². The molecule has 20 heavy (non-hydrogen) atoms. The molecule has 0 saturated heterocycles. The first-order valence-corrected chi connectivity index (χ1v) is 6.30. The number of aliphatic hydroxyl groups excluding tert-OH is 1. The average Bonchev–Trinajstić information content (AvgIpc) is 2.53. The number of carbonyl (C=O) groups is 1. The van der Waals surface area contributed by atoms with Crippen LogP contribution in [0.15, 0.2) is 48.5 Å². The number of hydrogen-bond acceptors (Lipinski definition) is 3. The Morgan fingerprint density at radius 2 is 1.90 bits per heavy atom. The van der Waals surface area contributed by atoms with Crippen LogP contribution in [0.25, 0.3) is 0 Å². The molecule has 2 rings (SSSR count). The van der Waals surface area contributed by atoms with E-state index < -0.39 is 6.10 Å². The summed E-state index contributed by atoms with van der Waals surface area (Å²) in [5, 5.41) is 13.1. The minimum absolute atomic E-state index is 0.238. The molecule has 0 heterocycles.